The highest BCUT2D eigenvalue weighted by Gasteiger charge is 2.23. The number of nitrogens with two attached hydrogens (primary N) is 1. The van der Waals surface area contributed by atoms with Gasteiger partial charge in [0.25, 0.3) is 5.91 Å². The van der Waals surface area contributed by atoms with Crippen LogP contribution < -0.4 is 5.73 Å². The molecule has 2 N–H and O–H groups in total. The highest BCUT2D eigenvalue weighted by Crippen LogP contribution is 2.22. The van der Waals surface area contributed by atoms with Crippen LogP contribution >= 0.6 is 15.9 Å². The van der Waals surface area contributed by atoms with Crippen LogP contribution in [0.25, 0.3) is 0 Å². The van der Waals surface area contributed by atoms with Crippen LogP contribution in [0.3, 0.4) is 0 Å². The van der Waals surface area contributed by atoms with Gasteiger partial charge in [-0.15, -0.1) is 0 Å². The molecule has 2 rings (SSSR count). The van der Waals surface area contributed by atoms with Gasteiger partial charge in [-0.25, -0.2) is 0 Å². The van der Waals surface area contributed by atoms with Crippen LogP contribution in [0.15, 0.2) is 22.7 Å². The maximum atomic E-state index is 12.4. The Morgan fingerprint density at radius 1 is 1.53 bits per heavy atom. The standard InChI is InChI=1S/C13H17BrN2O/c1-9-11(5-2-6-12(9)14)13(17)16-7-3-4-10(15)8-16/h2,5-6,10H,3-4,7-8,15H2,1H3. The molecular weight excluding hydrogens is 280 g/mol. The summed E-state index contributed by atoms with van der Waals surface area (Å²) in [7, 11) is 0. The smallest absolute Gasteiger partial charge is 0.254 e. The van der Waals surface area contributed by atoms with Crippen LogP contribution in [0.4, 0.5) is 0 Å². The van der Waals surface area contributed by atoms with Gasteiger partial charge in [0, 0.05) is 29.2 Å². The minimum Gasteiger partial charge on any atom is -0.337 e. The number of piperidine rings is 1. The molecule has 0 aromatic heterocycles. The summed E-state index contributed by atoms with van der Waals surface area (Å²) >= 11 is 3.45. The molecule has 17 heavy (non-hydrogen) atoms. The van der Waals surface area contributed by atoms with E-state index in [2.05, 4.69) is 15.9 Å². The van der Waals surface area contributed by atoms with Crippen molar-refractivity contribution in [1.29, 1.82) is 0 Å². The highest BCUT2D eigenvalue weighted by atomic mass is 79.9. The normalized spacial score (nSPS) is 20.4. The van der Waals surface area contributed by atoms with E-state index in [-0.39, 0.29) is 11.9 Å². The molecule has 0 radical (unpaired) electrons. The number of likely N-dealkylation sites (tertiary alicyclic amines) is 1. The predicted octanol–water partition coefficient (Wildman–Crippen LogP) is 2.32. The van der Waals surface area contributed by atoms with Gasteiger partial charge in [-0.05, 0) is 37.5 Å². The number of carbonyl (C=O) groups excluding carboxylic acids is 1. The Morgan fingerprint density at radius 2 is 2.29 bits per heavy atom. The summed E-state index contributed by atoms with van der Waals surface area (Å²) in [6, 6.07) is 5.85. The summed E-state index contributed by atoms with van der Waals surface area (Å²) in [5.74, 6) is 0.0963. The lowest BCUT2D eigenvalue weighted by Gasteiger charge is -2.31. The minimum atomic E-state index is 0.0963. The second kappa shape index (κ2) is 5.19. The molecule has 92 valence electrons. The van der Waals surface area contributed by atoms with Gasteiger partial charge in [0.15, 0.2) is 0 Å². The fraction of sp³-hybridized carbons (Fsp3) is 0.462. The van der Waals surface area contributed by atoms with Gasteiger partial charge in [-0.1, -0.05) is 22.0 Å². The lowest BCUT2D eigenvalue weighted by atomic mass is 10.0. The topological polar surface area (TPSA) is 46.3 Å². The minimum absolute atomic E-state index is 0.0963. The van der Waals surface area contributed by atoms with Gasteiger partial charge >= 0.3 is 0 Å². The molecule has 4 heteroatoms. The second-order valence-electron chi connectivity index (χ2n) is 4.57. The van der Waals surface area contributed by atoms with Crippen molar-refractivity contribution in [3.63, 3.8) is 0 Å². The van der Waals surface area contributed by atoms with Crippen LogP contribution in [0.2, 0.25) is 0 Å². The van der Waals surface area contributed by atoms with Gasteiger partial charge in [0.05, 0.1) is 0 Å². The number of benzene rings is 1. The lowest BCUT2D eigenvalue weighted by Crippen LogP contribution is -2.45. The Bertz CT molecular complexity index is 433. The van der Waals surface area contributed by atoms with Crippen LogP contribution in [-0.2, 0) is 0 Å². The van der Waals surface area contributed by atoms with E-state index < -0.39 is 0 Å². The molecule has 1 saturated heterocycles. The van der Waals surface area contributed by atoms with Crippen LogP contribution in [0, 0.1) is 6.92 Å². The summed E-state index contributed by atoms with van der Waals surface area (Å²) in [6.07, 6.45) is 2.02. The van der Waals surface area contributed by atoms with Crippen LogP contribution in [-0.4, -0.2) is 29.9 Å². The molecule has 0 bridgehead atoms. The molecule has 1 aliphatic heterocycles. The van der Waals surface area contributed by atoms with E-state index >= 15 is 0 Å². The molecule has 1 atom stereocenters. The van der Waals surface area contributed by atoms with Crippen LogP contribution in [0.1, 0.15) is 28.8 Å². The number of hydrogen-bond donors (Lipinski definition) is 1. The number of carbonyl (C=O) groups is 1. The Labute approximate surface area is 110 Å². The first-order chi connectivity index (χ1) is 8.09. The van der Waals surface area contributed by atoms with Gasteiger partial charge < -0.3 is 10.6 Å². The summed E-state index contributed by atoms with van der Waals surface area (Å²) < 4.78 is 0.977. The van der Waals surface area contributed by atoms with E-state index in [4.69, 9.17) is 5.73 Å². The van der Waals surface area contributed by atoms with E-state index in [0.717, 1.165) is 35.0 Å². The van der Waals surface area contributed by atoms with Crippen molar-refractivity contribution in [2.24, 2.45) is 5.73 Å². The maximum absolute atomic E-state index is 12.4. The van der Waals surface area contributed by atoms with Gasteiger partial charge in [0.2, 0.25) is 0 Å². The Hall–Kier alpha value is -0.870. The van der Waals surface area contributed by atoms with Gasteiger partial charge in [-0.2, -0.15) is 0 Å². The molecule has 3 nitrogen and oxygen atoms in total. The second-order valence-corrected chi connectivity index (χ2v) is 5.42. The average molecular weight is 297 g/mol. The summed E-state index contributed by atoms with van der Waals surface area (Å²) in [4.78, 5) is 14.2. The molecule has 1 amide bonds. The molecule has 1 aromatic carbocycles. The number of nitrogens with zero attached hydrogens (tertiary/aromatic N) is 1. The summed E-state index contributed by atoms with van der Waals surface area (Å²) in [5.41, 5.74) is 7.67. The maximum Gasteiger partial charge on any atom is 0.254 e. The summed E-state index contributed by atoms with van der Waals surface area (Å²) in [6.45, 7) is 3.45. The van der Waals surface area contributed by atoms with Crippen LogP contribution in [0.5, 0.6) is 0 Å². The molecular formula is C13H17BrN2O. The third-order valence-electron chi connectivity index (χ3n) is 3.24. The molecule has 0 aliphatic carbocycles. The first-order valence-electron chi connectivity index (χ1n) is 5.89. The van der Waals surface area contributed by atoms with Gasteiger partial charge in [-0.3, -0.25) is 4.79 Å². The number of rotatable bonds is 1. The van der Waals surface area contributed by atoms with E-state index in [0.29, 0.717) is 6.54 Å². The fourth-order valence-electron chi connectivity index (χ4n) is 2.20. The number of hydrogen-bond acceptors (Lipinski definition) is 2. The van der Waals surface area contributed by atoms with Gasteiger partial charge in [0.1, 0.15) is 0 Å². The predicted molar refractivity (Wildman–Crippen MR) is 72.0 cm³/mol. The largest absolute Gasteiger partial charge is 0.337 e. The zero-order valence-electron chi connectivity index (χ0n) is 9.95. The Kier molecular flexibility index (Phi) is 3.84. The van der Waals surface area contributed by atoms with Crippen molar-refractivity contribution in [3.05, 3.63) is 33.8 Å². The van der Waals surface area contributed by atoms with Crippen molar-refractivity contribution in [1.82, 2.24) is 4.90 Å². The monoisotopic (exact) mass is 296 g/mol. The van der Waals surface area contributed by atoms with E-state index in [1.54, 1.807) is 0 Å². The Morgan fingerprint density at radius 3 is 3.00 bits per heavy atom. The highest BCUT2D eigenvalue weighted by molar-refractivity contribution is 9.10. The van der Waals surface area contributed by atoms with E-state index in [1.165, 1.54) is 0 Å². The zero-order chi connectivity index (χ0) is 12.4. The van der Waals surface area contributed by atoms with E-state index in [1.807, 2.05) is 30.0 Å². The lowest BCUT2D eigenvalue weighted by molar-refractivity contribution is 0.0708. The molecule has 1 aliphatic rings. The average Bonchev–Trinajstić information content (AvgIpc) is 2.32. The van der Waals surface area contributed by atoms with E-state index in [9.17, 15) is 4.79 Å². The molecule has 1 unspecified atom stereocenters. The number of halogens is 1. The third-order valence-corrected chi connectivity index (χ3v) is 4.10. The Balaban J connectivity index is 2.22. The number of amides is 1. The molecule has 1 heterocycles. The van der Waals surface area contributed by atoms with Crippen molar-refractivity contribution in [3.8, 4) is 0 Å². The summed E-state index contributed by atoms with van der Waals surface area (Å²) in [5, 5.41) is 0. The fourth-order valence-corrected chi connectivity index (χ4v) is 2.57. The van der Waals surface area contributed by atoms with Crippen molar-refractivity contribution in [2.45, 2.75) is 25.8 Å². The van der Waals surface area contributed by atoms with Crippen molar-refractivity contribution >= 4 is 21.8 Å². The molecule has 0 spiro atoms. The molecule has 1 fully saturated rings. The first kappa shape index (κ1) is 12.6. The first-order valence-corrected chi connectivity index (χ1v) is 6.69. The van der Waals surface area contributed by atoms with Crippen molar-refractivity contribution < 1.29 is 4.79 Å². The van der Waals surface area contributed by atoms with Crippen molar-refractivity contribution in [2.75, 3.05) is 13.1 Å². The quantitative estimate of drug-likeness (QED) is 0.864. The molecule has 1 aromatic rings. The molecule has 0 saturated carbocycles. The zero-order valence-corrected chi connectivity index (χ0v) is 11.5. The SMILES string of the molecule is Cc1c(Br)cccc1C(=O)N1CCCC(N)C1. The third kappa shape index (κ3) is 2.69.